The number of carbonyl (C=O) groups is 1. The average Bonchev–Trinajstić information content (AvgIpc) is 2.97. The zero-order valence-corrected chi connectivity index (χ0v) is 11.1. The summed E-state index contributed by atoms with van der Waals surface area (Å²) in [6.45, 7) is 2.38. The van der Waals surface area contributed by atoms with Crippen molar-refractivity contribution in [3.05, 3.63) is 18.5 Å². The lowest BCUT2D eigenvalue weighted by atomic mass is 9.99. The van der Waals surface area contributed by atoms with Gasteiger partial charge >= 0.3 is 5.97 Å². The minimum atomic E-state index is -3.51. The molecule has 0 aromatic carbocycles. The molecule has 7 heteroatoms. The monoisotopic (exact) mass is 272 g/mol. The molecule has 1 aliphatic heterocycles. The first kappa shape index (κ1) is 13.1. The summed E-state index contributed by atoms with van der Waals surface area (Å²) in [5.41, 5.74) is 0. The van der Waals surface area contributed by atoms with Gasteiger partial charge in [0.1, 0.15) is 0 Å². The summed E-state index contributed by atoms with van der Waals surface area (Å²) in [6, 6.07) is 1.51. The molecular formula is C11H16N2O4S. The minimum absolute atomic E-state index is 0.0360. The summed E-state index contributed by atoms with van der Waals surface area (Å²) in [7, 11) is -2.19. The van der Waals surface area contributed by atoms with Gasteiger partial charge in [-0.3, -0.25) is 4.79 Å². The van der Waals surface area contributed by atoms with E-state index in [1.54, 1.807) is 6.20 Å². The van der Waals surface area contributed by atoms with Gasteiger partial charge in [-0.05, 0) is 12.0 Å². The molecule has 6 nitrogen and oxygen atoms in total. The van der Waals surface area contributed by atoms with E-state index in [0.29, 0.717) is 6.54 Å². The van der Waals surface area contributed by atoms with Crippen molar-refractivity contribution in [2.75, 3.05) is 20.2 Å². The largest absolute Gasteiger partial charge is 0.469 e. The topological polar surface area (TPSA) is 79.5 Å². The number of aromatic amines is 1. The van der Waals surface area contributed by atoms with Gasteiger partial charge in [0.25, 0.3) is 0 Å². The van der Waals surface area contributed by atoms with Crippen molar-refractivity contribution >= 4 is 16.0 Å². The Morgan fingerprint density at radius 3 is 2.78 bits per heavy atom. The van der Waals surface area contributed by atoms with Crippen molar-refractivity contribution in [1.29, 1.82) is 0 Å². The highest BCUT2D eigenvalue weighted by Crippen LogP contribution is 2.28. The summed E-state index contributed by atoms with van der Waals surface area (Å²) in [5, 5.41) is 0. The lowest BCUT2D eigenvalue weighted by Crippen LogP contribution is -2.30. The fourth-order valence-corrected chi connectivity index (χ4v) is 3.74. The van der Waals surface area contributed by atoms with Crippen LogP contribution in [0.5, 0.6) is 0 Å². The normalized spacial score (nSPS) is 25.2. The smallest absolute Gasteiger partial charge is 0.310 e. The maximum atomic E-state index is 12.3. The number of hydrogen-bond donors (Lipinski definition) is 1. The molecule has 1 aliphatic rings. The highest BCUT2D eigenvalue weighted by atomic mass is 32.2. The number of ether oxygens (including phenoxy) is 1. The van der Waals surface area contributed by atoms with Crippen LogP contribution in [-0.4, -0.2) is 43.9 Å². The van der Waals surface area contributed by atoms with Gasteiger partial charge in [0.15, 0.2) is 0 Å². The first-order valence-electron chi connectivity index (χ1n) is 5.67. The Bertz CT molecular complexity index is 523. The molecular weight excluding hydrogens is 256 g/mol. The maximum absolute atomic E-state index is 12.3. The van der Waals surface area contributed by atoms with Gasteiger partial charge < -0.3 is 9.72 Å². The van der Waals surface area contributed by atoms with Crippen LogP contribution in [0.2, 0.25) is 0 Å². The number of sulfonamides is 1. The van der Waals surface area contributed by atoms with Crippen LogP contribution in [0.1, 0.15) is 6.92 Å². The van der Waals surface area contributed by atoms with Crippen molar-refractivity contribution in [2.45, 2.75) is 11.8 Å². The van der Waals surface area contributed by atoms with Crippen LogP contribution in [0.3, 0.4) is 0 Å². The van der Waals surface area contributed by atoms with E-state index in [2.05, 4.69) is 9.72 Å². The lowest BCUT2D eigenvalue weighted by Gasteiger charge is -2.14. The molecule has 0 aliphatic carbocycles. The molecule has 1 aromatic heterocycles. The van der Waals surface area contributed by atoms with Gasteiger partial charge in [-0.2, -0.15) is 4.31 Å². The minimum Gasteiger partial charge on any atom is -0.469 e. The average molecular weight is 272 g/mol. The highest BCUT2D eigenvalue weighted by molar-refractivity contribution is 7.89. The van der Waals surface area contributed by atoms with E-state index >= 15 is 0 Å². The molecule has 1 fully saturated rings. The molecule has 0 saturated carbocycles. The zero-order chi connectivity index (χ0) is 13.3. The van der Waals surface area contributed by atoms with Crippen LogP contribution < -0.4 is 0 Å². The number of nitrogens with zero attached hydrogens (tertiary/aromatic N) is 1. The Balaban J connectivity index is 2.20. The number of carbonyl (C=O) groups excluding carboxylic acids is 1. The first-order chi connectivity index (χ1) is 8.46. The molecule has 2 atom stereocenters. The van der Waals surface area contributed by atoms with Crippen molar-refractivity contribution in [1.82, 2.24) is 9.29 Å². The molecule has 0 spiro atoms. The number of rotatable bonds is 3. The molecule has 0 bridgehead atoms. The van der Waals surface area contributed by atoms with Gasteiger partial charge in [-0.15, -0.1) is 0 Å². The third-order valence-electron chi connectivity index (χ3n) is 3.29. The second-order valence-corrected chi connectivity index (χ2v) is 6.41. The van der Waals surface area contributed by atoms with Crippen LogP contribution in [0.25, 0.3) is 0 Å². The van der Waals surface area contributed by atoms with E-state index in [0.717, 1.165) is 0 Å². The summed E-state index contributed by atoms with van der Waals surface area (Å²) < 4.78 is 30.5. The number of hydrogen-bond acceptors (Lipinski definition) is 4. The first-order valence-corrected chi connectivity index (χ1v) is 7.11. The number of nitrogens with one attached hydrogen (secondary N) is 1. The molecule has 18 heavy (non-hydrogen) atoms. The van der Waals surface area contributed by atoms with E-state index in [9.17, 15) is 13.2 Å². The van der Waals surface area contributed by atoms with Crippen LogP contribution in [0, 0.1) is 11.8 Å². The van der Waals surface area contributed by atoms with Crippen LogP contribution in [0.15, 0.2) is 23.4 Å². The summed E-state index contributed by atoms with van der Waals surface area (Å²) in [5.74, 6) is -0.774. The predicted octanol–water partition coefficient (Wildman–Crippen LogP) is 0.444. The van der Waals surface area contributed by atoms with Gasteiger partial charge in [-0.25, -0.2) is 8.42 Å². The second-order valence-electron chi connectivity index (χ2n) is 4.48. The van der Waals surface area contributed by atoms with Crippen LogP contribution in [0.4, 0.5) is 0 Å². The predicted molar refractivity (Wildman–Crippen MR) is 64.2 cm³/mol. The Kier molecular flexibility index (Phi) is 3.45. The Morgan fingerprint density at radius 1 is 1.50 bits per heavy atom. The van der Waals surface area contributed by atoms with Crippen molar-refractivity contribution in [3.63, 3.8) is 0 Å². The van der Waals surface area contributed by atoms with Gasteiger partial charge in [-0.1, -0.05) is 6.92 Å². The van der Waals surface area contributed by atoms with E-state index in [1.165, 1.54) is 23.7 Å². The molecule has 1 N–H and O–H groups in total. The zero-order valence-electron chi connectivity index (χ0n) is 10.3. The van der Waals surface area contributed by atoms with Crippen LogP contribution in [-0.2, 0) is 19.6 Å². The molecule has 2 unspecified atom stereocenters. The number of methoxy groups -OCH3 is 1. The molecule has 100 valence electrons. The number of H-pyrrole nitrogens is 1. The van der Waals surface area contributed by atoms with E-state index in [1.807, 2.05) is 6.92 Å². The Hall–Kier alpha value is -1.34. The molecule has 2 heterocycles. The van der Waals surface area contributed by atoms with Crippen LogP contribution >= 0.6 is 0 Å². The third kappa shape index (κ3) is 2.15. The van der Waals surface area contributed by atoms with Gasteiger partial charge in [0.2, 0.25) is 10.0 Å². The van der Waals surface area contributed by atoms with Gasteiger partial charge in [0, 0.05) is 25.5 Å². The summed E-state index contributed by atoms with van der Waals surface area (Å²) >= 11 is 0. The summed E-state index contributed by atoms with van der Waals surface area (Å²) in [4.78, 5) is 14.5. The third-order valence-corrected chi connectivity index (χ3v) is 5.12. The SMILES string of the molecule is COC(=O)C1CN(S(=O)(=O)c2cc[nH]c2)CC1C. The fourth-order valence-electron chi connectivity index (χ4n) is 2.19. The van der Waals surface area contributed by atoms with E-state index in [4.69, 9.17) is 0 Å². The molecule has 1 aromatic rings. The second kappa shape index (κ2) is 4.74. The Labute approximate surface area is 106 Å². The van der Waals surface area contributed by atoms with Gasteiger partial charge in [0.05, 0.1) is 17.9 Å². The standard InChI is InChI=1S/C11H16N2O4S/c1-8-6-13(7-10(8)11(14)17-2)18(15,16)9-3-4-12-5-9/h3-5,8,10,12H,6-7H2,1-2H3. The molecule has 0 amide bonds. The van der Waals surface area contributed by atoms with Crippen molar-refractivity contribution in [3.8, 4) is 0 Å². The van der Waals surface area contributed by atoms with E-state index < -0.39 is 10.0 Å². The molecule has 0 radical (unpaired) electrons. The van der Waals surface area contributed by atoms with Crippen molar-refractivity contribution in [2.24, 2.45) is 11.8 Å². The summed E-state index contributed by atoms with van der Waals surface area (Å²) in [6.07, 6.45) is 3.00. The molecule has 2 rings (SSSR count). The quantitative estimate of drug-likeness (QED) is 0.810. The maximum Gasteiger partial charge on any atom is 0.310 e. The molecule has 1 saturated heterocycles. The number of esters is 1. The van der Waals surface area contributed by atoms with Crippen molar-refractivity contribution < 1.29 is 17.9 Å². The number of aromatic nitrogens is 1. The van der Waals surface area contributed by atoms with E-state index in [-0.39, 0.29) is 29.2 Å². The lowest BCUT2D eigenvalue weighted by molar-refractivity contribution is -0.145. The fraction of sp³-hybridized carbons (Fsp3) is 0.545. The Morgan fingerprint density at radius 2 is 2.22 bits per heavy atom. The highest BCUT2D eigenvalue weighted by Gasteiger charge is 2.41.